The highest BCUT2D eigenvalue weighted by Crippen LogP contribution is 2.20. The van der Waals surface area contributed by atoms with E-state index in [-0.39, 0.29) is 5.91 Å². The van der Waals surface area contributed by atoms with Crippen LogP contribution < -0.4 is 20.4 Å². The third-order valence-electron chi connectivity index (χ3n) is 4.85. The fraction of sp³-hybridized carbons (Fsp3) is 0.476. The van der Waals surface area contributed by atoms with Crippen LogP contribution in [0.2, 0.25) is 0 Å². The molecule has 0 saturated carbocycles. The molecule has 1 aromatic carbocycles. The fourth-order valence-corrected chi connectivity index (χ4v) is 3.32. The molecule has 0 aliphatic carbocycles. The van der Waals surface area contributed by atoms with E-state index in [9.17, 15) is 4.79 Å². The number of carbonyl (C=O) groups is 1. The first-order valence-electron chi connectivity index (χ1n) is 9.93. The number of nitrogens with zero attached hydrogens (tertiary/aromatic N) is 4. The standard InChI is InChI=1S/C21H30N6O/c1-16-24-19(15-20(25-16)27-12-5-4-6-13-27)22-10-11-23-21(28)17-8-7-9-18(14-17)26(2)3/h7-9,14-15H,4-6,10-13H2,1-3H3,(H,23,28)(H,22,24,25). The molecule has 1 amide bonds. The van der Waals surface area contributed by atoms with Crippen LogP contribution in [0.1, 0.15) is 35.4 Å². The van der Waals surface area contributed by atoms with Gasteiger partial charge in [0, 0.05) is 57.6 Å². The van der Waals surface area contributed by atoms with Crippen molar-refractivity contribution in [2.75, 3.05) is 55.4 Å². The second-order valence-corrected chi connectivity index (χ2v) is 7.33. The summed E-state index contributed by atoms with van der Waals surface area (Å²) < 4.78 is 0. The summed E-state index contributed by atoms with van der Waals surface area (Å²) in [6.07, 6.45) is 3.72. The molecule has 1 aliphatic heterocycles. The Hall–Kier alpha value is -2.83. The maximum Gasteiger partial charge on any atom is 0.251 e. The normalized spacial score (nSPS) is 13.9. The number of piperidine rings is 1. The highest BCUT2D eigenvalue weighted by Gasteiger charge is 2.14. The van der Waals surface area contributed by atoms with Gasteiger partial charge in [-0.25, -0.2) is 9.97 Å². The first kappa shape index (κ1) is 19.9. The lowest BCUT2D eigenvalue weighted by Crippen LogP contribution is -2.31. The van der Waals surface area contributed by atoms with Gasteiger partial charge in [-0.2, -0.15) is 0 Å². The van der Waals surface area contributed by atoms with Crippen LogP contribution in [0, 0.1) is 6.92 Å². The van der Waals surface area contributed by atoms with Gasteiger partial charge in [-0.1, -0.05) is 6.07 Å². The number of rotatable bonds is 7. The van der Waals surface area contributed by atoms with Crippen molar-refractivity contribution in [3.05, 3.63) is 41.7 Å². The summed E-state index contributed by atoms with van der Waals surface area (Å²) in [6.45, 7) is 5.15. The molecular formula is C21H30N6O. The van der Waals surface area contributed by atoms with Crippen molar-refractivity contribution < 1.29 is 4.79 Å². The van der Waals surface area contributed by atoms with Gasteiger partial charge >= 0.3 is 0 Å². The minimum absolute atomic E-state index is 0.0710. The van der Waals surface area contributed by atoms with E-state index >= 15 is 0 Å². The number of benzene rings is 1. The molecule has 28 heavy (non-hydrogen) atoms. The van der Waals surface area contributed by atoms with Crippen molar-refractivity contribution in [2.24, 2.45) is 0 Å². The number of amides is 1. The molecule has 2 N–H and O–H groups in total. The summed E-state index contributed by atoms with van der Waals surface area (Å²) in [5.74, 6) is 2.48. The van der Waals surface area contributed by atoms with Crippen molar-refractivity contribution >= 4 is 23.2 Å². The molecule has 1 fully saturated rings. The van der Waals surface area contributed by atoms with E-state index in [2.05, 4.69) is 25.5 Å². The van der Waals surface area contributed by atoms with Gasteiger partial charge in [0.1, 0.15) is 17.5 Å². The fourth-order valence-electron chi connectivity index (χ4n) is 3.32. The summed E-state index contributed by atoms with van der Waals surface area (Å²) >= 11 is 0. The molecule has 7 heteroatoms. The number of hydrogen-bond donors (Lipinski definition) is 2. The van der Waals surface area contributed by atoms with Crippen LogP contribution in [-0.2, 0) is 0 Å². The van der Waals surface area contributed by atoms with Gasteiger partial charge in [0.15, 0.2) is 0 Å². The first-order chi connectivity index (χ1) is 13.5. The number of hydrogen-bond acceptors (Lipinski definition) is 6. The van der Waals surface area contributed by atoms with Gasteiger partial charge in [-0.15, -0.1) is 0 Å². The predicted molar refractivity (Wildman–Crippen MR) is 114 cm³/mol. The van der Waals surface area contributed by atoms with Gasteiger partial charge in [0.2, 0.25) is 0 Å². The molecule has 7 nitrogen and oxygen atoms in total. The molecule has 0 bridgehead atoms. The Kier molecular flexibility index (Phi) is 6.68. The van der Waals surface area contributed by atoms with Gasteiger partial charge < -0.3 is 20.4 Å². The van der Waals surface area contributed by atoms with Gasteiger partial charge in [-0.3, -0.25) is 4.79 Å². The van der Waals surface area contributed by atoms with E-state index in [1.807, 2.05) is 56.3 Å². The Labute approximate surface area is 167 Å². The summed E-state index contributed by atoms with van der Waals surface area (Å²) in [7, 11) is 3.92. The molecule has 0 atom stereocenters. The third kappa shape index (κ3) is 5.34. The maximum atomic E-state index is 12.4. The van der Waals surface area contributed by atoms with Crippen molar-refractivity contribution in [3.63, 3.8) is 0 Å². The lowest BCUT2D eigenvalue weighted by Gasteiger charge is -2.28. The third-order valence-corrected chi connectivity index (χ3v) is 4.85. The summed E-state index contributed by atoms with van der Waals surface area (Å²) in [4.78, 5) is 25.7. The first-order valence-corrected chi connectivity index (χ1v) is 9.93. The zero-order valence-corrected chi connectivity index (χ0v) is 17.0. The Morgan fingerprint density at radius 2 is 1.89 bits per heavy atom. The highest BCUT2D eigenvalue weighted by molar-refractivity contribution is 5.95. The maximum absolute atomic E-state index is 12.4. The molecule has 1 saturated heterocycles. The van der Waals surface area contributed by atoms with Crippen LogP contribution in [-0.4, -0.2) is 56.1 Å². The monoisotopic (exact) mass is 382 g/mol. The SMILES string of the molecule is Cc1nc(NCCNC(=O)c2cccc(N(C)C)c2)cc(N2CCCCC2)n1. The Bertz CT molecular complexity index is 801. The Morgan fingerprint density at radius 3 is 2.64 bits per heavy atom. The van der Waals surface area contributed by atoms with Crippen LogP contribution in [0.3, 0.4) is 0 Å². The Balaban J connectivity index is 1.51. The second-order valence-electron chi connectivity index (χ2n) is 7.33. The van der Waals surface area contributed by atoms with Crippen LogP contribution in [0.4, 0.5) is 17.3 Å². The number of aromatic nitrogens is 2. The van der Waals surface area contributed by atoms with E-state index in [0.717, 1.165) is 36.2 Å². The molecule has 0 radical (unpaired) electrons. The lowest BCUT2D eigenvalue weighted by molar-refractivity contribution is 0.0955. The van der Waals surface area contributed by atoms with Gasteiger partial charge in [0.25, 0.3) is 5.91 Å². The summed E-state index contributed by atoms with van der Waals surface area (Å²) in [6, 6.07) is 9.60. The number of aryl methyl sites for hydroxylation is 1. The molecule has 2 heterocycles. The predicted octanol–water partition coefficient (Wildman–Crippen LogP) is 2.68. The van der Waals surface area contributed by atoms with E-state index in [0.29, 0.717) is 18.7 Å². The Morgan fingerprint density at radius 1 is 1.11 bits per heavy atom. The van der Waals surface area contributed by atoms with Crippen molar-refractivity contribution in [3.8, 4) is 0 Å². The van der Waals surface area contributed by atoms with Crippen LogP contribution in [0.5, 0.6) is 0 Å². The van der Waals surface area contributed by atoms with Crippen LogP contribution >= 0.6 is 0 Å². The van der Waals surface area contributed by atoms with E-state index in [1.54, 1.807) is 0 Å². The largest absolute Gasteiger partial charge is 0.378 e. The van der Waals surface area contributed by atoms with Crippen molar-refractivity contribution in [2.45, 2.75) is 26.2 Å². The van der Waals surface area contributed by atoms with Crippen LogP contribution in [0.25, 0.3) is 0 Å². The van der Waals surface area contributed by atoms with Crippen LogP contribution in [0.15, 0.2) is 30.3 Å². The molecule has 150 valence electrons. The van der Waals surface area contributed by atoms with Gasteiger partial charge in [-0.05, 0) is 44.4 Å². The molecular weight excluding hydrogens is 352 g/mol. The summed E-state index contributed by atoms with van der Waals surface area (Å²) in [5.41, 5.74) is 1.67. The summed E-state index contributed by atoms with van der Waals surface area (Å²) in [5, 5.41) is 6.25. The van der Waals surface area contributed by atoms with Gasteiger partial charge in [0.05, 0.1) is 0 Å². The quantitative estimate of drug-likeness (QED) is 0.718. The smallest absolute Gasteiger partial charge is 0.251 e. The minimum Gasteiger partial charge on any atom is -0.378 e. The lowest BCUT2D eigenvalue weighted by atomic mass is 10.1. The van der Waals surface area contributed by atoms with E-state index in [1.165, 1.54) is 19.3 Å². The topological polar surface area (TPSA) is 73.4 Å². The zero-order valence-electron chi connectivity index (χ0n) is 17.0. The molecule has 1 aliphatic rings. The minimum atomic E-state index is -0.0710. The molecule has 2 aromatic rings. The average molecular weight is 383 g/mol. The van der Waals surface area contributed by atoms with Crippen molar-refractivity contribution in [1.82, 2.24) is 15.3 Å². The molecule has 3 rings (SSSR count). The molecule has 1 aromatic heterocycles. The number of anilines is 3. The number of nitrogens with one attached hydrogen (secondary N) is 2. The van der Waals surface area contributed by atoms with E-state index in [4.69, 9.17) is 0 Å². The highest BCUT2D eigenvalue weighted by atomic mass is 16.1. The molecule has 0 unspecified atom stereocenters. The average Bonchev–Trinajstić information content (AvgIpc) is 2.71. The zero-order chi connectivity index (χ0) is 19.9. The second kappa shape index (κ2) is 9.39. The molecule has 0 spiro atoms. The van der Waals surface area contributed by atoms with E-state index < -0.39 is 0 Å². The number of carbonyl (C=O) groups excluding carboxylic acids is 1. The van der Waals surface area contributed by atoms with Crippen molar-refractivity contribution in [1.29, 1.82) is 0 Å².